The SMILES string of the molecule is Cc1ccc(NC(=O)C2CC2C(=O)N2CCOCC2)cc1. The molecule has 5 heteroatoms. The predicted octanol–water partition coefficient (Wildman–Crippen LogP) is 1.43. The molecule has 1 N–H and O–H groups in total. The first kappa shape index (κ1) is 14.1. The number of hydrogen-bond donors (Lipinski definition) is 1. The summed E-state index contributed by atoms with van der Waals surface area (Å²) in [6.07, 6.45) is 0.661. The van der Waals surface area contributed by atoms with E-state index in [-0.39, 0.29) is 23.7 Å². The maximum Gasteiger partial charge on any atom is 0.228 e. The van der Waals surface area contributed by atoms with Crippen LogP contribution in [-0.2, 0) is 14.3 Å². The van der Waals surface area contributed by atoms with Crippen molar-refractivity contribution in [3.8, 4) is 0 Å². The highest BCUT2D eigenvalue weighted by molar-refractivity contribution is 5.99. The number of ether oxygens (including phenoxy) is 1. The molecule has 1 aliphatic heterocycles. The number of carbonyl (C=O) groups is 2. The fourth-order valence-electron chi connectivity index (χ4n) is 2.65. The number of anilines is 1. The van der Waals surface area contributed by atoms with E-state index in [1.54, 1.807) is 0 Å². The van der Waals surface area contributed by atoms with Crippen molar-refractivity contribution >= 4 is 17.5 Å². The van der Waals surface area contributed by atoms with Gasteiger partial charge in [0.1, 0.15) is 0 Å². The Kier molecular flexibility index (Phi) is 3.92. The summed E-state index contributed by atoms with van der Waals surface area (Å²) in [5.74, 6) is -0.275. The molecule has 5 nitrogen and oxygen atoms in total. The van der Waals surface area contributed by atoms with Gasteiger partial charge in [0, 0.05) is 18.8 Å². The highest BCUT2D eigenvalue weighted by atomic mass is 16.5. The van der Waals surface area contributed by atoms with E-state index in [4.69, 9.17) is 4.74 Å². The fraction of sp³-hybridized carbons (Fsp3) is 0.500. The molecule has 0 bridgehead atoms. The van der Waals surface area contributed by atoms with Crippen LogP contribution >= 0.6 is 0 Å². The molecule has 0 aromatic heterocycles. The molecule has 1 saturated carbocycles. The summed E-state index contributed by atoms with van der Waals surface area (Å²) in [6, 6.07) is 7.68. The van der Waals surface area contributed by atoms with Gasteiger partial charge in [0.15, 0.2) is 0 Å². The molecular formula is C16H20N2O3. The zero-order valence-corrected chi connectivity index (χ0v) is 12.2. The van der Waals surface area contributed by atoms with Crippen molar-refractivity contribution < 1.29 is 14.3 Å². The lowest BCUT2D eigenvalue weighted by molar-refractivity contribution is -0.137. The number of morpholine rings is 1. The summed E-state index contributed by atoms with van der Waals surface area (Å²) in [7, 11) is 0. The third kappa shape index (κ3) is 3.24. The molecule has 1 saturated heterocycles. The summed E-state index contributed by atoms with van der Waals surface area (Å²) in [5, 5.41) is 2.88. The van der Waals surface area contributed by atoms with Gasteiger partial charge in [-0.2, -0.15) is 0 Å². The quantitative estimate of drug-likeness (QED) is 0.915. The van der Waals surface area contributed by atoms with E-state index >= 15 is 0 Å². The predicted molar refractivity (Wildman–Crippen MR) is 78.8 cm³/mol. The minimum atomic E-state index is -0.179. The third-order valence-corrected chi connectivity index (χ3v) is 4.09. The molecule has 2 fully saturated rings. The van der Waals surface area contributed by atoms with E-state index in [0.717, 1.165) is 11.3 Å². The minimum Gasteiger partial charge on any atom is -0.378 e. The van der Waals surface area contributed by atoms with E-state index in [2.05, 4.69) is 5.32 Å². The molecule has 112 valence electrons. The standard InChI is InChI=1S/C16H20N2O3/c1-11-2-4-12(5-3-11)17-15(19)13-10-14(13)16(20)18-6-8-21-9-7-18/h2-5,13-14H,6-10H2,1H3,(H,17,19). The second kappa shape index (κ2) is 5.85. The Balaban J connectivity index is 1.53. The van der Waals surface area contributed by atoms with Gasteiger partial charge in [-0.1, -0.05) is 17.7 Å². The number of hydrogen-bond acceptors (Lipinski definition) is 3. The second-order valence-corrected chi connectivity index (χ2v) is 5.74. The van der Waals surface area contributed by atoms with Crippen LogP contribution in [0.1, 0.15) is 12.0 Å². The van der Waals surface area contributed by atoms with Crippen LogP contribution in [0.2, 0.25) is 0 Å². The van der Waals surface area contributed by atoms with Gasteiger partial charge in [0.2, 0.25) is 11.8 Å². The van der Waals surface area contributed by atoms with Crippen molar-refractivity contribution in [3.63, 3.8) is 0 Å². The lowest BCUT2D eigenvalue weighted by atomic mass is 10.2. The van der Waals surface area contributed by atoms with Gasteiger partial charge in [0.25, 0.3) is 0 Å². The Morgan fingerprint density at radius 1 is 1.14 bits per heavy atom. The first-order chi connectivity index (χ1) is 10.1. The summed E-state index contributed by atoms with van der Waals surface area (Å²) in [5.41, 5.74) is 1.94. The minimum absolute atomic E-state index is 0.0505. The number of nitrogens with one attached hydrogen (secondary N) is 1. The van der Waals surface area contributed by atoms with E-state index < -0.39 is 0 Å². The van der Waals surface area contributed by atoms with Gasteiger partial charge < -0.3 is 15.0 Å². The van der Waals surface area contributed by atoms with Crippen LogP contribution in [0.5, 0.6) is 0 Å². The molecule has 21 heavy (non-hydrogen) atoms. The first-order valence-electron chi connectivity index (χ1n) is 7.39. The van der Waals surface area contributed by atoms with Crippen LogP contribution in [0.25, 0.3) is 0 Å². The molecule has 1 aromatic rings. The van der Waals surface area contributed by atoms with Gasteiger partial charge in [-0.25, -0.2) is 0 Å². The number of nitrogens with zero attached hydrogens (tertiary/aromatic N) is 1. The van der Waals surface area contributed by atoms with E-state index in [1.165, 1.54) is 0 Å². The van der Waals surface area contributed by atoms with Gasteiger partial charge in [-0.15, -0.1) is 0 Å². The Morgan fingerprint density at radius 2 is 1.81 bits per heavy atom. The van der Waals surface area contributed by atoms with Crippen molar-refractivity contribution in [1.82, 2.24) is 4.90 Å². The molecule has 0 radical (unpaired) electrons. The molecule has 2 atom stereocenters. The third-order valence-electron chi connectivity index (χ3n) is 4.09. The van der Waals surface area contributed by atoms with Gasteiger partial charge in [-0.3, -0.25) is 9.59 Å². The Bertz CT molecular complexity index is 535. The summed E-state index contributed by atoms with van der Waals surface area (Å²) >= 11 is 0. The van der Waals surface area contributed by atoms with Crippen LogP contribution in [-0.4, -0.2) is 43.0 Å². The van der Waals surface area contributed by atoms with E-state index in [9.17, 15) is 9.59 Å². The Labute approximate surface area is 124 Å². The molecule has 0 spiro atoms. The Hall–Kier alpha value is -1.88. The van der Waals surface area contributed by atoms with Crippen LogP contribution in [0.4, 0.5) is 5.69 Å². The fourth-order valence-corrected chi connectivity index (χ4v) is 2.65. The molecule has 1 heterocycles. The maximum absolute atomic E-state index is 12.3. The molecule has 1 aliphatic carbocycles. The van der Waals surface area contributed by atoms with Crippen molar-refractivity contribution in [2.75, 3.05) is 31.6 Å². The van der Waals surface area contributed by atoms with Gasteiger partial charge in [0.05, 0.1) is 25.0 Å². The van der Waals surface area contributed by atoms with E-state index in [0.29, 0.717) is 32.7 Å². The molecule has 2 amide bonds. The lowest BCUT2D eigenvalue weighted by Gasteiger charge is -2.27. The molecule has 2 aliphatic rings. The number of amides is 2. The van der Waals surface area contributed by atoms with Crippen LogP contribution in [0, 0.1) is 18.8 Å². The summed E-state index contributed by atoms with van der Waals surface area (Å²) in [4.78, 5) is 26.2. The number of aryl methyl sites for hydroxylation is 1. The monoisotopic (exact) mass is 288 g/mol. The zero-order chi connectivity index (χ0) is 14.8. The highest BCUT2D eigenvalue weighted by Crippen LogP contribution is 2.41. The summed E-state index contributed by atoms with van der Waals surface area (Å²) < 4.78 is 5.24. The lowest BCUT2D eigenvalue weighted by Crippen LogP contribution is -2.42. The molecular weight excluding hydrogens is 268 g/mol. The van der Waals surface area contributed by atoms with Crippen molar-refractivity contribution in [2.24, 2.45) is 11.8 Å². The van der Waals surface area contributed by atoms with Crippen molar-refractivity contribution in [3.05, 3.63) is 29.8 Å². The van der Waals surface area contributed by atoms with Crippen LogP contribution in [0.3, 0.4) is 0 Å². The molecule has 3 rings (SSSR count). The molecule has 2 unspecified atom stereocenters. The first-order valence-corrected chi connectivity index (χ1v) is 7.39. The maximum atomic E-state index is 12.3. The Morgan fingerprint density at radius 3 is 2.48 bits per heavy atom. The van der Waals surface area contributed by atoms with Crippen molar-refractivity contribution in [2.45, 2.75) is 13.3 Å². The largest absolute Gasteiger partial charge is 0.378 e. The average Bonchev–Trinajstić information content (AvgIpc) is 3.30. The smallest absolute Gasteiger partial charge is 0.228 e. The number of carbonyl (C=O) groups excluding carboxylic acids is 2. The molecule has 1 aromatic carbocycles. The highest BCUT2D eigenvalue weighted by Gasteiger charge is 2.49. The van der Waals surface area contributed by atoms with Crippen LogP contribution in [0.15, 0.2) is 24.3 Å². The normalized spacial score (nSPS) is 24.5. The van der Waals surface area contributed by atoms with Crippen molar-refractivity contribution in [1.29, 1.82) is 0 Å². The summed E-state index contributed by atoms with van der Waals surface area (Å²) in [6.45, 7) is 4.48. The van der Waals surface area contributed by atoms with E-state index in [1.807, 2.05) is 36.1 Å². The topological polar surface area (TPSA) is 58.6 Å². The zero-order valence-electron chi connectivity index (χ0n) is 12.2. The average molecular weight is 288 g/mol. The van der Waals surface area contributed by atoms with Gasteiger partial charge >= 0.3 is 0 Å². The number of benzene rings is 1. The second-order valence-electron chi connectivity index (χ2n) is 5.74. The number of rotatable bonds is 3. The van der Waals surface area contributed by atoms with Gasteiger partial charge in [-0.05, 0) is 25.5 Å². The van der Waals surface area contributed by atoms with Crippen LogP contribution < -0.4 is 5.32 Å².